The molecule has 1 atom stereocenters. The van der Waals surface area contributed by atoms with Gasteiger partial charge in [0.2, 0.25) is 5.91 Å². The van der Waals surface area contributed by atoms with Crippen molar-refractivity contribution >= 4 is 40.6 Å². The van der Waals surface area contributed by atoms with Crippen LogP contribution in [0.15, 0.2) is 29.6 Å². The standard InChI is InChI=1S/C16H18ClN3O3S/c1-9-6-11(13(23-2)7-10(9)17)19-15(21)8-12(20-16(18)22)14-4-3-5-24-14/h3-7,12H,8H2,1-2H3,(H,19,21)(H3,18,20,22)/t12-/m1/s1. The van der Waals surface area contributed by atoms with Gasteiger partial charge in [0.15, 0.2) is 0 Å². The Kier molecular flexibility index (Phi) is 6.05. The van der Waals surface area contributed by atoms with Crippen LogP contribution in [0.5, 0.6) is 5.75 Å². The number of hydrogen-bond donors (Lipinski definition) is 3. The van der Waals surface area contributed by atoms with Gasteiger partial charge in [0, 0.05) is 16.0 Å². The van der Waals surface area contributed by atoms with Crippen LogP contribution in [0.4, 0.5) is 10.5 Å². The molecule has 0 radical (unpaired) electrons. The number of hydrogen-bond acceptors (Lipinski definition) is 4. The van der Waals surface area contributed by atoms with Gasteiger partial charge in [-0.2, -0.15) is 0 Å². The Morgan fingerprint density at radius 2 is 2.17 bits per heavy atom. The van der Waals surface area contributed by atoms with E-state index in [1.54, 1.807) is 12.1 Å². The first-order chi connectivity index (χ1) is 11.4. The third-order valence-corrected chi connectivity index (χ3v) is 4.74. The van der Waals surface area contributed by atoms with Crippen molar-refractivity contribution in [3.05, 3.63) is 45.1 Å². The molecule has 3 amide bonds. The zero-order chi connectivity index (χ0) is 17.7. The topological polar surface area (TPSA) is 93.4 Å². The highest BCUT2D eigenvalue weighted by molar-refractivity contribution is 7.10. The van der Waals surface area contributed by atoms with Gasteiger partial charge in [-0.25, -0.2) is 4.79 Å². The first kappa shape index (κ1) is 18.1. The average molecular weight is 368 g/mol. The molecule has 0 aliphatic carbocycles. The Labute approximate surface area is 148 Å². The highest BCUT2D eigenvalue weighted by Gasteiger charge is 2.19. The van der Waals surface area contributed by atoms with Crippen molar-refractivity contribution < 1.29 is 14.3 Å². The van der Waals surface area contributed by atoms with E-state index >= 15 is 0 Å². The average Bonchev–Trinajstić information content (AvgIpc) is 3.04. The summed E-state index contributed by atoms with van der Waals surface area (Å²) in [6.45, 7) is 1.83. The molecular weight excluding hydrogens is 350 g/mol. The van der Waals surface area contributed by atoms with Crippen molar-refractivity contribution in [2.45, 2.75) is 19.4 Å². The number of carbonyl (C=O) groups is 2. The molecule has 1 aromatic heterocycles. The van der Waals surface area contributed by atoms with E-state index in [0.717, 1.165) is 10.4 Å². The van der Waals surface area contributed by atoms with E-state index in [4.69, 9.17) is 22.1 Å². The Bertz CT molecular complexity index is 734. The quantitative estimate of drug-likeness (QED) is 0.729. The van der Waals surface area contributed by atoms with Crippen LogP contribution >= 0.6 is 22.9 Å². The number of thiophene rings is 1. The van der Waals surface area contributed by atoms with E-state index in [9.17, 15) is 9.59 Å². The van der Waals surface area contributed by atoms with Crippen LogP contribution in [0.2, 0.25) is 5.02 Å². The van der Waals surface area contributed by atoms with Gasteiger partial charge in [0.05, 0.1) is 25.3 Å². The molecular formula is C16H18ClN3O3S. The second-order valence-corrected chi connectivity index (χ2v) is 6.52. The fourth-order valence-electron chi connectivity index (χ4n) is 2.20. The minimum atomic E-state index is -0.680. The molecule has 6 nitrogen and oxygen atoms in total. The predicted octanol–water partition coefficient (Wildman–Crippen LogP) is 3.46. The minimum absolute atomic E-state index is 0.0499. The van der Waals surface area contributed by atoms with Crippen LogP contribution in [0, 0.1) is 6.92 Å². The summed E-state index contributed by atoms with van der Waals surface area (Å²) >= 11 is 7.50. The number of rotatable bonds is 6. The molecule has 0 aliphatic rings. The predicted molar refractivity (Wildman–Crippen MR) is 95.8 cm³/mol. The number of amides is 3. The number of urea groups is 1. The lowest BCUT2D eigenvalue weighted by molar-refractivity contribution is -0.116. The second-order valence-electron chi connectivity index (χ2n) is 5.13. The van der Waals surface area contributed by atoms with E-state index in [1.807, 2.05) is 24.4 Å². The molecule has 0 unspecified atom stereocenters. The fraction of sp³-hybridized carbons (Fsp3) is 0.250. The summed E-state index contributed by atoms with van der Waals surface area (Å²) in [4.78, 5) is 24.4. The first-order valence-corrected chi connectivity index (χ1v) is 8.39. The number of primary amides is 1. The van der Waals surface area contributed by atoms with Crippen LogP contribution < -0.4 is 21.1 Å². The van der Waals surface area contributed by atoms with Crippen molar-refractivity contribution in [2.24, 2.45) is 5.73 Å². The van der Waals surface area contributed by atoms with Crippen LogP contribution in [0.1, 0.15) is 22.9 Å². The van der Waals surface area contributed by atoms with Gasteiger partial charge >= 0.3 is 6.03 Å². The zero-order valence-electron chi connectivity index (χ0n) is 13.3. The van der Waals surface area contributed by atoms with Gasteiger partial charge in [0.1, 0.15) is 5.75 Å². The summed E-state index contributed by atoms with van der Waals surface area (Å²) in [5, 5.41) is 7.79. The number of carbonyl (C=O) groups excluding carboxylic acids is 2. The normalized spacial score (nSPS) is 11.6. The van der Waals surface area contributed by atoms with Crippen LogP contribution in [-0.2, 0) is 4.79 Å². The number of methoxy groups -OCH3 is 1. The Hall–Kier alpha value is -2.25. The zero-order valence-corrected chi connectivity index (χ0v) is 14.8. The molecule has 128 valence electrons. The van der Waals surface area contributed by atoms with E-state index in [2.05, 4.69) is 10.6 Å². The third-order valence-electron chi connectivity index (χ3n) is 3.35. The Morgan fingerprint density at radius 1 is 1.42 bits per heavy atom. The van der Waals surface area contributed by atoms with E-state index in [1.165, 1.54) is 18.4 Å². The lowest BCUT2D eigenvalue weighted by Crippen LogP contribution is -2.34. The third kappa shape index (κ3) is 4.62. The molecule has 0 spiro atoms. The summed E-state index contributed by atoms with van der Waals surface area (Å²) in [5.41, 5.74) is 6.54. The summed E-state index contributed by atoms with van der Waals surface area (Å²) in [5.74, 6) is 0.191. The van der Waals surface area contributed by atoms with Crippen molar-refractivity contribution in [1.82, 2.24) is 5.32 Å². The SMILES string of the molecule is COc1cc(Cl)c(C)cc1NC(=O)C[C@@H](NC(N)=O)c1cccs1. The number of nitrogens with one attached hydrogen (secondary N) is 2. The lowest BCUT2D eigenvalue weighted by atomic mass is 10.1. The number of aryl methyl sites for hydroxylation is 1. The van der Waals surface area contributed by atoms with Gasteiger partial charge in [-0.3, -0.25) is 4.79 Å². The maximum atomic E-state index is 12.4. The maximum Gasteiger partial charge on any atom is 0.312 e. The van der Waals surface area contributed by atoms with Crippen molar-refractivity contribution in [1.29, 1.82) is 0 Å². The summed E-state index contributed by atoms with van der Waals surface area (Å²) in [7, 11) is 1.50. The first-order valence-electron chi connectivity index (χ1n) is 7.14. The molecule has 2 rings (SSSR count). The molecule has 0 bridgehead atoms. The lowest BCUT2D eigenvalue weighted by Gasteiger charge is -2.17. The van der Waals surface area contributed by atoms with Gasteiger partial charge < -0.3 is 21.1 Å². The van der Waals surface area contributed by atoms with Crippen molar-refractivity contribution in [3.8, 4) is 5.75 Å². The van der Waals surface area contributed by atoms with Crippen LogP contribution in [-0.4, -0.2) is 19.0 Å². The smallest absolute Gasteiger partial charge is 0.312 e. The van der Waals surface area contributed by atoms with E-state index in [-0.39, 0.29) is 12.3 Å². The van der Waals surface area contributed by atoms with Gasteiger partial charge in [-0.15, -0.1) is 11.3 Å². The molecule has 4 N–H and O–H groups in total. The molecule has 0 aliphatic heterocycles. The number of anilines is 1. The maximum absolute atomic E-state index is 12.4. The molecule has 8 heteroatoms. The fourth-order valence-corrected chi connectivity index (χ4v) is 3.13. The number of nitrogens with two attached hydrogens (primary N) is 1. The molecule has 0 saturated carbocycles. The Balaban J connectivity index is 2.14. The van der Waals surface area contributed by atoms with E-state index in [0.29, 0.717) is 16.5 Å². The van der Waals surface area contributed by atoms with Crippen LogP contribution in [0.3, 0.4) is 0 Å². The number of benzene rings is 1. The minimum Gasteiger partial charge on any atom is -0.495 e. The monoisotopic (exact) mass is 367 g/mol. The summed E-state index contributed by atoms with van der Waals surface area (Å²) < 4.78 is 5.24. The van der Waals surface area contributed by atoms with Crippen LogP contribution in [0.25, 0.3) is 0 Å². The van der Waals surface area contributed by atoms with Crippen molar-refractivity contribution in [2.75, 3.05) is 12.4 Å². The molecule has 1 aromatic carbocycles. The molecule has 1 heterocycles. The molecule has 2 aromatic rings. The van der Waals surface area contributed by atoms with E-state index < -0.39 is 12.1 Å². The van der Waals surface area contributed by atoms with Gasteiger partial charge in [0.25, 0.3) is 0 Å². The number of ether oxygens (including phenoxy) is 1. The highest BCUT2D eigenvalue weighted by Crippen LogP contribution is 2.31. The molecule has 0 saturated heterocycles. The molecule has 24 heavy (non-hydrogen) atoms. The van der Waals surface area contributed by atoms with Gasteiger partial charge in [-0.1, -0.05) is 17.7 Å². The molecule has 0 fully saturated rings. The largest absolute Gasteiger partial charge is 0.495 e. The van der Waals surface area contributed by atoms with Crippen molar-refractivity contribution in [3.63, 3.8) is 0 Å². The summed E-state index contributed by atoms with van der Waals surface area (Å²) in [6.07, 6.45) is 0.0499. The van der Waals surface area contributed by atoms with Gasteiger partial charge in [-0.05, 0) is 30.0 Å². The number of halogens is 1. The second kappa shape index (κ2) is 8.03. The summed E-state index contributed by atoms with van der Waals surface area (Å²) in [6, 6.07) is 5.90. The highest BCUT2D eigenvalue weighted by atomic mass is 35.5. The Morgan fingerprint density at radius 3 is 2.75 bits per heavy atom.